The first-order valence-electron chi connectivity index (χ1n) is 10.4. The second-order valence-corrected chi connectivity index (χ2v) is 7.83. The van der Waals surface area contributed by atoms with Crippen LogP contribution >= 0.6 is 0 Å². The standard InChI is InChI=1S/C23H33N3O2/c1-5-21-18(3)22(23(27)24-10-11-25-12-14-28-15-13-25)26(19(21)4)16-20-8-6-17(2)7-9-20/h6-9H,5,10-16H2,1-4H3,(H,24,27)/p+1. The summed E-state index contributed by atoms with van der Waals surface area (Å²) in [5.41, 5.74) is 6.89. The lowest BCUT2D eigenvalue weighted by molar-refractivity contribution is -0.906. The van der Waals surface area contributed by atoms with Gasteiger partial charge in [-0.2, -0.15) is 0 Å². The van der Waals surface area contributed by atoms with Gasteiger partial charge in [0.2, 0.25) is 0 Å². The highest BCUT2D eigenvalue weighted by atomic mass is 16.5. The van der Waals surface area contributed by atoms with Crippen molar-refractivity contribution in [2.45, 2.75) is 40.7 Å². The topological polar surface area (TPSA) is 47.7 Å². The third kappa shape index (κ3) is 4.65. The van der Waals surface area contributed by atoms with Gasteiger partial charge in [-0.05, 0) is 43.9 Å². The molecule has 0 aliphatic carbocycles. The van der Waals surface area contributed by atoms with Crippen LogP contribution in [0.2, 0.25) is 0 Å². The smallest absolute Gasteiger partial charge is 0.268 e. The van der Waals surface area contributed by atoms with Gasteiger partial charge in [-0.25, -0.2) is 0 Å². The van der Waals surface area contributed by atoms with E-state index >= 15 is 0 Å². The molecule has 2 heterocycles. The highest BCUT2D eigenvalue weighted by molar-refractivity contribution is 5.95. The van der Waals surface area contributed by atoms with Crippen LogP contribution in [-0.2, 0) is 17.7 Å². The zero-order chi connectivity index (χ0) is 20.1. The van der Waals surface area contributed by atoms with E-state index in [1.807, 2.05) is 0 Å². The van der Waals surface area contributed by atoms with E-state index in [1.54, 1.807) is 0 Å². The Kier molecular flexibility index (Phi) is 6.92. The minimum absolute atomic E-state index is 0.0417. The van der Waals surface area contributed by atoms with Gasteiger partial charge in [0.15, 0.2) is 0 Å². The van der Waals surface area contributed by atoms with Crippen molar-refractivity contribution >= 4 is 5.91 Å². The zero-order valence-corrected chi connectivity index (χ0v) is 17.7. The van der Waals surface area contributed by atoms with Crippen molar-refractivity contribution < 1.29 is 14.4 Å². The molecule has 0 unspecified atom stereocenters. The van der Waals surface area contributed by atoms with E-state index < -0.39 is 0 Å². The number of carbonyl (C=O) groups excluding carboxylic acids is 1. The molecule has 1 aromatic carbocycles. The number of morpholine rings is 1. The van der Waals surface area contributed by atoms with Crippen molar-refractivity contribution in [3.05, 3.63) is 57.9 Å². The maximum Gasteiger partial charge on any atom is 0.268 e. The van der Waals surface area contributed by atoms with Crippen LogP contribution in [0.1, 0.15) is 45.4 Å². The molecule has 0 spiro atoms. The molecule has 1 aliphatic heterocycles. The maximum atomic E-state index is 13.1. The highest BCUT2D eigenvalue weighted by Gasteiger charge is 2.22. The Labute approximate surface area is 168 Å². The van der Waals surface area contributed by atoms with Gasteiger partial charge in [0.1, 0.15) is 18.8 Å². The zero-order valence-electron chi connectivity index (χ0n) is 17.7. The molecule has 1 aliphatic rings. The van der Waals surface area contributed by atoms with Crippen molar-refractivity contribution in [1.29, 1.82) is 0 Å². The van der Waals surface area contributed by atoms with E-state index in [4.69, 9.17) is 4.74 Å². The lowest BCUT2D eigenvalue weighted by Gasteiger charge is -2.23. The van der Waals surface area contributed by atoms with Crippen LogP contribution in [-0.4, -0.2) is 49.9 Å². The Morgan fingerprint density at radius 2 is 1.82 bits per heavy atom. The summed E-state index contributed by atoms with van der Waals surface area (Å²) in [5.74, 6) is 0.0417. The van der Waals surface area contributed by atoms with Crippen LogP contribution in [0.4, 0.5) is 0 Å². The maximum absolute atomic E-state index is 13.1. The molecule has 152 valence electrons. The predicted molar refractivity (Wildman–Crippen MR) is 112 cm³/mol. The molecule has 3 rings (SSSR count). The molecule has 2 aromatic rings. The van der Waals surface area contributed by atoms with Crippen molar-refractivity contribution in [2.75, 3.05) is 39.4 Å². The highest BCUT2D eigenvalue weighted by Crippen LogP contribution is 2.24. The number of nitrogens with zero attached hydrogens (tertiary/aromatic N) is 1. The molecular weight excluding hydrogens is 350 g/mol. The Hall–Kier alpha value is -2.11. The summed E-state index contributed by atoms with van der Waals surface area (Å²) < 4.78 is 7.60. The molecule has 28 heavy (non-hydrogen) atoms. The normalized spacial score (nSPS) is 15.0. The number of benzene rings is 1. The van der Waals surface area contributed by atoms with Crippen LogP contribution in [0, 0.1) is 20.8 Å². The molecule has 1 saturated heterocycles. The first-order chi connectivity index (χ1) is 13.5. The van der Waals surface area contributed by atoms with Crippen LogP contribution in [0.3, 0.4) is 0 Å². The summed E-state index contributed by atoms with van der Waals surface area (Å²) in [6.07, 6.45) is 0.941. The molecule has 0 radical (unpaired) electrons. The van der Waals surface area contributed by atoms with Crippen molar-refractivity contribution in [2.24, 2.45) is 0 Å². The second-order valence-electron chi connectivity index (χ2n) is 7.83. The lowest BCUT2D eigenvalue weighted by atomic mass is 10.1. The molecule has 1 fully saturated rings. The van der Waals surface area contributed by atoms with Gasteiger partial charge in [-0.1, -0.05) is 36.8 Å². The number of carbonyl (C=O) groups is 1. The van der Waals surface area contributed by atoms with Crippen LogP contribution in [0.25, 0.3) is 0 Å². The van der Waals surface area contributed by atoms with Crippen molar-refractivity contribution in [1.82, 2.24) is 9.88 Å². The first kappa shape index (κ1) is 20.6. The van der Waals surface area contributed by atoms with Crippen molar-refractivity contribution in [3.8, 4) is 0 Å². The van der Waals surface area contributed by atoms with Gasteiger partial charge in [0.25, 0.3) is 5.91 Å². The SMILES string of the molecule is CCc1c(C)c(C(=O)NCC[NH+]2CCOCC2)n(Cc2ccc(C)cc2)c1C. The van der Waals surface area contributed by atoms with Crippen LogP contribution in [0.5, 0.6) is 0 Å². The van der Waals surface area contributed by atoms with E-state index in [0.29, 0.717) is 6.54 Å². The summed E-state index contributed by atoms with van der Waals surface area (Å²) in [4.78, 5) is 14.6. The molecule has 1 amide bonds. The number of nitrogens with one attached hydrogen (secondary N) is 2. The Bertz CT molecular complexity index is 802. The van der Waals surface area contributed by atoms with Gasteiger partial charge in [-0.15, -0.1) is 0 Å². The van der Waals surface area contributed by atoms with Crippen molar-refractivity contribution in [3.63, 3.8) is 0 Å². The number of aromatic nitrogens is 1. The Morgan fingerprint density at radius 1 is 1.14 bits per heavy atom. The van der Waals surface area contributed by atoms with Crippen LogP contribution < -0.4 is 10.2 Å². The molecule has 2 N–H and O–H groups in total. The van der Waals surface area contributed by atoms with E-state index in [1.165, 1.54) is 27.3 Å². The second kappa shape index (κ2) is 9.39. The largest absolute Gasteiger partial charge is 0.370 e. The Balaban J connectivity index is 1.76. The first-order valence-corrected chi connectivity index (χ1v) is 10.4. The van der Waals surface area contributed by atoms with E-state index in [-0.39, 0.29) is 5.91 Å². The average molecular weight is 385 g/mol. The molecule has 0 bridgehead atoms. The average Bonchev–Trinajstić information content (AvgIpc) is 2.93. The number of aryl methyl sites for hydroxylation is 1. The fourth-order valence-electron chi connectivity index (χ4n) is 4.18. The third-order valence-electron chi connectivity index (χ3n) is 5.91. The minimum Gasteiger partial charge on any atom is -0.370 e. The number of hydrogen-bond acceptors (Lipinski definition) is 2. The van der Waals surface area contributed by atoms with E-state index in [9.17, 15) is 4.79 Å². The van der Waals surface area contributed by atoms with E-state index in [0.717, 1.165) is 57.1 Å². The number of rotatable bonds is 7. The summed E-state index contributed by atoms with van der Waals surface area (Å²) in [6.45, 7) is 14.5. The number of ether oxygens (including phenoxy) is 1. The monoisotopic (exact) mass is 384 g/mol. The molecular formula is C23H34N3O2+. The fourth-order valence-corrected chi connectivity index (χ4v) is 4.18. The third-order valence-corrected chi connectivity index (χ3v) is 5.91. The number of amides is 1. The summed E-state index contributed by atoms with van der Waals surface area (Å²) in [7, 11) is 0. The summed E-state index contributed by atoms with van der Waals surface area (Å²) in [5, 5.41) is 3.17. The molecule has 5 nitrogen and oxygen atoms in total. The van der Waals surface area contributed by atoms with Gasteiger partial charge in [0.05, 0.1) is 26.3 Å². The fraction of sp³-hybridized carbons (Fsp3) is 0.522. The van der Waals surface area contributed by atoms with E-state index in [2.05, 4.69) is 61.8 Å². The molecule has 5 heteroatoms. The summed E-state index contributed by atoms with van der Waals surface area (Å²) in [6, 6.07) is 8.57. The molecule has 0 atom stereocenters. The Morgan fingerprint density at radius 3 is 2.46 bits per heavy atom. The predicted octanol–water partition coefficient (Wildman–Crippen LogP) is 1.67. The number of hydrogen-bond donors (Lipinski definition) is 2. The molecule has 1 aromatic heterocycles. The van der Waals surface area contributed by atoms with Gasteiger partial charge in [0, 0.05) is 12.2 Å². The number of quaternary nitrogens is 1. The molecule has 0 saturated carbocycles. The summed E-state index contributed by atoms with van der Waals surface area (Å²) >= 11 is 0. The van der Waals surface area contributed by atoms with Gasteiger partial charge >= 0.3 is 0 Å². The lowest BCUT2D eigenvalue weighted by Crippen LogP contribution is -3.14. The van der Waals surface area contributed by atoms with Crippen LogP contribution in [0.15, 0.2) is 24.3 Å². The van der Waals surface area contributed by atoms with Gasteiger partial charge in [-0.3, -0.25) is 4.79 Å². The quantitative estimate of drug-likeness (QED) is 0.763. The minimum atomic E-state index is 0.0417. The van der Waals surface area contributed by atoms with Gasteiger partial charge < -0.3 is 19.5 Å².